The number of amides is 1. The van der Waals surface area contributed by atoms with Gasteiger partial charge in [-0.15, -0.1) is 0 Å². The molecule has 2 heterocycles. The number of carbonyl (C=O) groups is 1. The maximum Gasteiger partial charge on any atom is 0.251 e. The van der Waals surface area contributed by atoms with Gasteiger partial charge in [0.05, 0.1) is 0 Å². The molecule has 22 heavy (non-hydrogen) atoms. The summed E-state index contributed by atoms with van der Waals surface area (Å²) in [7, 11) is 1.65. The van der Waals surface area contributed by atoms with E-state index in [-0.39, 0.29) is 11.5 Å². The number of para-hydroxylation sites is 1. The molecule has 3 aromatic rings. The largest absolute Gasteiger partial charge is 0.361 e. The Hall–Kier alpha value is -2.82. The van der Waals surface area contributed by atoms with E-state index in [1.165, 1.54) is 21.6 Å². The Bertz CT molecular complexity index is 877. The molecule has 0 bridgehead atoms. The maximum absolute atomic E-state index is 12.0. The normalized spacial score (nSPS) is 10.8. The second kappa shape index (κ2) is 5.89. The molecule has 0 aliphatic rings. The van der Waals surface area contributed by atoms with Gasteiger partial charge in [0.25, 0.3) is 11.5 Å². The van der Waals surface area contributed by atoms with Gasteiger partial charge in [0.1, 0.15) is 0 Å². The zero-order valence-corrected chi connectivity index (χ0v) is 12.3. The lowest BCUT2D eigenvalue weighted by molar-refractivity contribution is 0.0954. The van der Waals surface area contributed by atoms with Gasteiger partial charge in [-0.25, -0.2) is 0 Å². The quantitative estimate of drug-likeness (QED) is 0.771. The van der Waals surface area contributed by atoms with Crippen molar-refractivity contribution in [3.63, 3.8) is 0 Å². The van der Waals surface area contributed by atoms with E-state index in [0.29, 0.717) is 12.1 Å². The summed E-state index contributed by atoms with van der Waals surface area (Å²) < 4.78 is 1.43. The number of aryl methyl sites for hydroxylation is 1. The van der Waals surface area contributed by atoms with E-state index in [1.54, 1.807) is 19.3 Å². The zero-order chi connectivity index (χ0) is 15.5. The van der Waals surface area contributed by atoms with Crippen molar-refractivity contribution in [3.05, 3.63) is 70.3 Å². The molecule has 0 aliphatic carbocycles. The van der Waals surface area contributed by atoms with Crippen molar-refractivity contribution in [2.24, 2.45) is 7.05 Å². The Morgan fingerprint density at radius 2 is 2.09 bits per heavy atom. The Kier molecular flexibility index (Phi) is 3.78. The first-order valence-corrected chi connectivity index (χ1v) is 7.15. The molecular formula is C17H17N3O2. The van der Waals surface area contributed by atoms with Gasteiger partial charge in [0.15, 0.2) is 0 Å². The topological polar surface area (TPSA) is 66.9 Å². The average molecular weight is 295 g/mol. The fourth-order valence-corrected chi connectivity index (χ4v) is 2.44. The van der Waals surface area contributed by atoms with Crippen LogP contribution in [-0.4, -0.2) is 22.0 Å². The van der Waals surface area contributed by atoms with Crippen LogP contribution in [0.5, 0.6) is 0 Å². The highest BCUT2D eigenvalue weighted by molar-refractivity contribution is 5.94. The molecule has 1 amide bonds. The second-order valence-electron chi connectivity index (χ2n) is 5.23. The van der Waals surface area contributed by atoms with Crippen molar-refractivity contribution in [1.29, 1.82) is 0 Å². The van der Waals surface area contributed by atoms with Gasteiger partial charge < -0.3 is 14.9 Å². The van der Waals surface area contributed by atoms with Gasteiger partial charge in [0.2, 0.25) is 0 Å². The lowest BCUT2D eigenvalue weighted by Gasteiger charge is -2.05. The van der Waals surface area contributed by atoms with Gasteiger partial charge in [-0.1, -0.05) is 18.2 Å². The summed E-state index contributed by atoms with van der Waals surface area (Å²) in [5.74, 6) is -0.224. The molecule has 0 unspecified atom stereocenters. The monoisotopic (exact) mass is 295 g/mol. The summed E-state index contributed by atoms with van der Waals surface area (Å²) in [4.78, 5) is 26.8. The number of aromatic amines is 1. The molecule has 0 fully saturated rings. The zero-order valence-electron chi connectivity index (χ0n) is 12.3. The van der Waals surface area contributed by atoms with Crippen LogP contribution in [0, 0.1) is 0 Å². The molecule has 2 aromatic heterocycles. The van der Waals surface area contributed by atoms with Crippen LogP contribution in [0.15, 0.2) is 53.6 Å². The molecule has 0 radical (unpaired) electrons. The second-order valence-corrected chi connectivity index (χ2v) is 5.23. The summed E-state index contributed by atoms with van der Waals surface area (Å²) >= 11 is 0. The van der Waals surface area contributed by atoms with Crippen molar-refractivity contribution < 1.29 is 4.79 Å². The summed E-state index contributed by atoms with van der Waals surface area (Å²) in [5, 5.41) is 4.02. The highest BCUT2D eigenvalue weighted by Crippen LogP contribution is 2.17. The molecule has 5 nitrogen and oxygen atoms in total. The highest BCUT2D eigenvalue weighted by Gasteiger charge is 2.07. The number of pyridine rings is 1. The Morgan fingerprint density at radius 3 is 2.91 bits per heavy atom. The first kappa shape index (κ1) is 14.1. The highest BCUT2D eigenvalue weighted by atomic mass is 16.2. The summed E-state index contributed by atoms with van der Waals surface area (Å²) in [5.41, 5.74) is 2.46. The minimum Gasteiger partial charge on any atom is -0.361 e. The number of carbonyl (C=O) groups excluding carboxylic acids is 1. The summed E-state index contributed by atoms with van der Waals surface area (Å²) in [6.07, 6.45) is 4.30. The number of hydrogen-bond donors (Lipinski definition) is 2. The van der Waals surface area contributed by atoms with Crippen LogP contribution >= 0.6 is 0 Å². The van der Waals surface area contributed by atoms with Crippen LogP contribution in [0.1, 0.15) is 15.9 Å². The van der Waals surface area contributed by atoms with Crippen molar-refractivity contribution in [1.82, 2.24) is 14.9 Å². The average Bonchev–Trinajstić information content (AvgIpc) is 2.93. The predicted octanol–water partition coefficient (Wildman–Crippen LogP) is 1.84. The number of nitrogens with zero attached hydrogens (tertiary/aromatic N) is 1. The van der Waals surface area contributed by atoms with Crippen LogP contribution in [-0.2, 0) is 13.5 Å². The molecule has 112 valence electrons. The molecule has 5 heteroatoms. The number of H-pyrrole nitrogens is 1. The number of hydrogen-bond acceptors (Lipinski definition) is 2. The van der Waals surface area contributed by atoms with Crippen LogP contribution in [0.25, 0.3) is 10.9 Å². The third-order valence-electron chi connectivity index (χ3n) is 3.72. The van der Waals surface area contributed by atoms with E-state index >= 15 is 0 Å². The van der Waals surface area contributed by atoms with Gasteiger partial charge in [0, 0.05) is 48.5 Å². The molecule has 0 atom stereocenters. The minimum absolute atomic E-state index is 0.190. The van der Waals surface area contributed by atoms with E-state index in [1.807, 2.05) is 24.4 Å². The van der Waals surface area contributed by atoms with Gasteiger partial charge >= 0.3 is 0 Å². The number of aromatic nitrogens is 2. The number of rotatable bonds is 4. The van der Waals surface area contributed by atoms with Crippen LogP contribution in [0.3, 0.4) is 0 Å². The lowest BCUT2D eigenvalue weighted by Crippen LogP contribution is -2.27. The Morgan fingerprint density at radius 1 is 1.27 bits per heavy atom. The van der Waals surface area contributed by atoms with Crippen molar-refractivity contribution in [2.45, 2.75) is 6.42 Å². The van der Waals surface area contributed by atoms with E-state index in [9.17, 15) is 9.59 Å². The standard InChI is InChI=1S/C17H17N3O2/c1-20-9-7-12(10-16(20)21)17(22)18-8-6-13-11-19-15-5-3-2-4-14(13)15/h2-5,7,9-11,19H,6,8H2,1H3,(H,18,22). The molecule has 2 N–H and O–H groups in total. The third kappa shape index (κ3) is 2.79. The Balaban J connectivity index is 1.64. The Labute approximate surface area is 127 Å². The number of fused-ring (bicyclic) bond motifs is 1. The molecule has 1 aromatic carbocycles. The first-order valence-electron chi connectivity index (χ1n) is 7.15. The summed E-state index contributed by atoms with van der Waals surface area (Å²) in [6.45, 7) is 0.524. The fraction of sp³-hybridized carbons (Fsp3) is 0.176. The molecule has 0 aliphatic heterocycles. The summed E-state index contributed by atoms with van der Waals surface area (Å²) in [6, 6.07) is 11.1. The van der Waals surface area contributed by atoms with E-state index in [0.717, 1.165) is 11.9 Å². The van der Waals surface area contributed by atoms with Gasteiger partial charge in [-0.3, -0.25) is 9.59 Å². The number of nitrogens with one attached hydrogen (secondary N) is 2. The van der Waals surface area contributed by atoms with Crippen molar-refractivity contribution in [3.8, 4) is 0 Å². The van der Waals surface area contributed by atoms with E-state index < -0.39 is 0 Å². The molecule has 0 saturated heterocycles. The molecular weight excluding hydrogens is 278 g/mol. The lowest BCUT2D eigenvalue weighted by atomic mass is 10.1. The van der Waals surface area contributed by atoms with Crippen LogP contribution in [0.2, 0.25) is 0 Å². The fourth-order valence-electron chi connectivity index (χ4n) is 2.44. The van der Waals surface area contributed by atoms with Crippen molar-refractivity contribution >= 4 is 16.8 Å². The maximum atomic E-state index is 12.0. The first-order chi connectivity index (χ1) is 10.6. The molecule has 0 spiro atoms. The minimum atomic E-state index is -0.224. The smallest absolute Gasteiger partial charge is 0.251 e. The SMILES string of the molecule is Cn1ccc(C(=O)NCCc2c[nH]c3ccccc23)cc1=O. The third-order valence-corrected chi connectivity index (χ3v) is 3.72. The van der Waals surface area contributed by atoms with Gasteiger partial charge in [-0.05, 0) is 24.1 Å². The van der Waals surface area contributed by atoms with Crippen molar-refractivity contribution in [2.75, 3.05) is 6.54 Å². The van der Waals surface area contributed by atoms with Crippen LogP contribution in [0.4, 0.5) is 0 Å². The van der Waals surface area contributed by atoms with Gasteiger partial charge in [-0.2, -0.15) is 0 Å². The van der Waals surface area contributed by atoms with E-state index in [2.05, 4.69) is 16.4 Å². The number of benzene rings is 1. The molecule has 0 saturated carbocycles. The van der Waals surface area contributed by atoms with Crippen LogP contribution < -0.4 is 10.9 Å². The van der Waals surface area contributed by atoms with E-state index in [4.69, 9.17) is 0 Å². The predicted molar refractivity (Wildman–Crippen MR) is 86.0 cm³/mol. The molecule has 3 rings (SSSR count).